The zero-order chi connectivity index (χ0) is 10.1. The van der Waals surface area contributed by atoms with Crippen LogP contribution in [-0.4, -0.2) is 20.7 Å². The van der Waals surface area contributed by atoms with Crippen LogP contribution in [0.2, 0.25) is 0 Å². The van der Waals surface area contributed by atoms with E-state index in [2.05, 4.69) is 23.8 Å². The molecule has 2 aromatic heterocycles. The second kappa shape index (κ2) is 3.21. The molecule has 0 aliphatic rings. The van der Waals surface area contributed by atoms with Crippen LogP contribution in [-0.2, 0) is 0 Å². The molecule has 2 heterocycles. The summed E-state index contributed by atoms with van der Waals surface area (Å²) in [6.07, 6.45) is 4.45. The SMILES string of the molecule is CC(C)c1cn2ccc(C=O)nc2n1. The van der Waals surface area contributed by atoms with Crippen molar-refractivity contribution in [1.29, 1.82) is 0 Å². The molecule has 0 spiro atoms. The molecule has 0 amide bonds. The van der Waals surface area contributed by atoms with Gasteiger partial charge in [0.05, 0.1) is 5.69 Å². The van der Waals surface area contributed by atoms with Crippen LogP contribution < -0.4 is 0 Å². The van der Waals surface area contributed by atoms with Crippen LogP contribution in [0.15, 0.2) is 18.5 Å². The van der Waals surface area contributed by atoms with E-state index in [9.17, 15) is 4.79 Å². The van der Waals surface area contributed by atoms with Crippen molar-refractivity contribution in [2.45, 2.75) is 19.8 Å². The highest BCUT2D eigenvalue weighted by molar-refractivity contribution is 5.72. The maximum atomic E-state index is 10.5. The number of nitrogens with zero attached hydrogens (tertiary/aromatic N) is 3. The number of aromatic nitrogens is 3. The van der Waals surface area contributed by atoms with Gasteiger partial charge in [-0.15, -0.1) is 0 Å². The lowest BCUT2D eigenvalue weighted by molar-refractivity contribution is 0.111. The molecule has 0 atom stereocenters. The monoisotopic (exact) mass is 189 g/mol. The summed E-state index contributed by atoms with van der Waals surface area (Å²) in [7, 11) is 0. The van der Waals surface area contributed by atoms with E-state index in [4.69, 9.17) is 0 Å². The molecule has 0 saturated carbocycles. The van der Waals surface area contributed by atoms with Gasteiger partial charge >= 0.3 is 0 Å². The summed E-state index contributed by atoms with van der Waals surface area (Å²) in [6.45, 7) is 4.14. The van der Waals surface area contributed by atoms with Crippen molar-refractivity contribution >= 4 is 12.1 Å². The summed E-state index contributed by atoms with van der Waals surface area (Å²) in [5, 5.41) is 0. The molecule has 4 heteroatoms. The first-order valence-corrected chi connectivity index (χ1v) is 4.51. The number of fused-ring (bicyclic) bond motifs is 1. The first-order chi connectivity index (χ1) is 6.70. The minimum atomic E-state index is 0.372. The van der Waals surface area contributed by atoms with Crippen LogP contribution in [0, 0.1) is 0 Å². The molecule has 0 bridgehead atoms. The number of aldehydes is 1. The van der Waals surface area contributed by atoms with Crippen LogP contribution in [0.1, 0.15) is 35.9 Å². The van der Waals surface area contributed by atoms with Gasteiger partial charge in [0.2, 0.25) is 5.78 Å². The lowest BCUT2D eigenvalue weighted by Crippen LogP contribution is -1.91. The Morgan fingerprint density at radius 2 is 2.21 bits per heavy atom. The normalized spacial score (nSPS) is 11.1. The van der Waals surface area contributed by atoms with Gasteiger partial charge in [0.1, 0.15) is 5.69 Å². The highest BCUT2D eigenvalue weighted by atomic mass is 16.1. The van der Waals surface area contributed by atoms with Crippen molar-refractivity contribution in [3.05, 3.63) is 29.8 Å². The average molecular weight is 189 g/mol. The Hall–Kier alpha value is -1.71. The standard InChI is InChI=1S/C10H11N3O/c1-7(2)9-5-13-4-3-8(6-14)11-10(13)12-9/h3-7H,1-2H3. The third kappa shape index (κ3) is 1.39. The van der Waals surface area contributed by atoms with Crippen molar-refractivity contribution in [2.75, 3.05) is 0 Å². The minimum absolute atomic E-state index is 0.372. The third-order valence-electron chi connectivity index (χ3n) is 2.08. The molecular weight excluding hydrogens is 178 g/mol. The van der Waals surface area contributed by atoms with Crippen molar-refractivity contribution < 1.29 is 4.79 Å². The fourth-order valence-electron chi connectivity index (χ4n) is 1.25. The lowest BCUT2D eigenvalue weighted by atomic mass is 10.2. The molecule has 0 saturated heterocycles. The van der Waals surface area contributed by atoms with E-state index >= 15 is 0 Å². The summed E-state index contributed by atoms with van der Waals surface area (Å²) in [6, 6.07) is 1.67. The molecular formula is C10H11N3O. The Balaban J connectivity index is 2.59. The molecule has 0 aliphatic carbocycles. The van der Waals surface area contributed by atoms with E-state index in [0.29, 0.717) is 17.4 Å². The van der Waals surface area contributed by atoms with Gasteiger partial charge in [-0.05, 0) is 12.0 Å². The summed E-state index contributed by atoms with van der Waals surface area (Å²) in [5.41, 5.74) is 1.40. The maximum absolute atomic E-state index is 10.5. The van der Waals surface area contributed by atoms with E-state index in [-0.39, 0.29) is 0 Å². The summed E-state index contributed by atoms with van der Waals surface area (Å²) >= 11 is 0. The molecule has 72 valence electrons. The number of carbonyl (C=O) groups is 1. The Bertz CT molecular complexity index is 473. The Morgan fingerprint density at radius 3 is 2.86 bits per heavy atom. The number of imidazole rings is 1. The largest absolute Gasteiger partial charge is 0.296 e. The summed E-state index contributed by atoms with van der Waals surface area (Å²) in [5.74, 6) is 0.953. The number of hydrogen-bond donors (Lipinski definition) is 0. The Morgan fingerprint density at radius 1 is 1.43 bits per heavy atom. The zero-order valence-corrected chi connectivity index (χ0v) is 8.14. The fraction of sp³-hybridized carbons (Fsp3) is 0.300. The predicted octanol–water partition coefficient (Wildman–Crippen LogP) is 1.67. The van der Waals surface area contributed by atoms with Crippen LogP contribution in [0.25, 0.3) is 5.78 Å². The minimum Gasteiger partial charge on any atom is -0.296 e. The third-order valence-corrected chi connectivity index (χ3v) is 2.08. The van der Waals surface area contributed by atoms with Gasteiger partial charge < -0.3 is 0 Å². The van der Waals surface area contributed by atoms with Gasteiger partial charge in [-0.3, -0.25) is 9.20 Å². The van der Waals surface area contributed by atoms with E-state index in [1.807, 2.05) is 10.6 Å². The topological polar surface area (TPSA) is 47.3 Å². The van der Waals surface area contributed by atoms with Gasteiger partial charge in [0.15, 0.2) is 6.29 Å². The van der Waals surface area contributed by atoms with Crippen molar-refractivity contribution in [3.8, 4) is 0 Å². The van der Waals surface area contributed by atoms with Gasteiger partial charge in [-0.1, -0.05) is 13.8 Å². The highest BCUT2D eigenvalue weighted by Gasteiger charge is 2.06. The lowest BCUT2D eigenvalue weighted by Gasteiger charge is -1.94. The number of hydrogen-bond acceptors (Lipinski definition) is 3. The second-order valence-corrected chi connectivity index (χ2v) is 3.50. The first kappa shape index (κ1) is 8.87. The van der Waals surface area contributed by atoms with E-state index in [1.54, 1.807) is 12.3 Å². The molecule has 2 rings (SSSR count). The smallest absolute Gasteiger partial charge is 0.234 e. The van der Waals surface area contributed by atoms with Gasteiger partial charge in [-0.2, -0.15) is 0 Å². The summed E-state index contributed by atoms with van der Waals surface area (Å²) in [4.78, 5) is 18.9. The molecule has 0 aromatic carbocycles. The van der Waals surface area contributed by atoms with Gasteiger partial charge in [0.25, 0.3) is 0 Å². The van der Waals surface area contributed by atoms with Crippen LogP contribution in [0.4, 0.5) is 0 Å². The molecule has 0 radical (unpaired) electrons. The van der Waals surface area contributed by atoms with Gasteiger partial charge in [0, 0.05) is 12.4 Å². The van der Waals surface area contributed by atoms with E-state index in [1.165, 1.54) is 0 Å². The number of rotatable bonds is 2. The van der Waals surface area contributed by atoms with Crippen molar-refractivity contribution in [2.24, 2.45) is 0 Å². The molecule has 4 nitrogen and oxygen atoms in total. The molecule has 0 fully saturated rings. The molecule has 14 heavy (non-hydrogen) atoms. The second-order valence-electron chi connectivity index (χ2n) is 3.50. The highest BCUT2D eigenvalue weighted by Crippen LogP contribution is 2.12. The average Bonchev–Trinajstić information content (AvgIpc) is 2.59. The fourth-order valence-corrected chi connectivity index (χ4v) is 1.25. The maximum Gasteiger partial charge on any atom is 0.234 e. The molecule has 0 N–H and O–H groups in total. The predicted molar refractivity (Wildman–Crippen MR) is 52.5 cm³/mol. The summed E-state index contributed by atoms with van der Waals surface area (Å²) < 4.78 is 1.82. The first-order valence-electron chi connectivity index (χ1n) is 4.51. The zero-order valence-electron chi connectivity index (χ0n) is 8.14. The quantitative estimate of drug-likeness (QED) is 0.675. The molecule has 2 aromatic rings. The van der Waals surface area contributed by atoms with E-state index < -0.39 is 0 Å². The van der Waals surface area contributed by atoms with Gasteiger partial charge in [-0.25, -0.2) is 9.97 Å². The Labute approximate surface area is 81.6 Å². The van der Waals surface area contributed by atoms with Crippen LogP contribution >= 0.6 is 0 Å². The van der Waals surface area contributed by atoms with Crippen LogP contribution in [0.5, 0.6) is 0 Å². The van der Waals surface area contributed by atoms with Crippen molar-refractivity contribution in [1.82, 2.24) is 14.4 Å². The molecule has 0 unspecified atom stereocenters. The van der Waals surface area contributed by atoms with E-state index in [0.717, 1.165) is 12.0 Å². The van der Waals surface area contributed by atoms with Crippen LogP contribution in [0.3, 0.4) is 0 Å². The Kier molecular flexibility index (Phi) is 2.04. The van der Waals surface area contributed by atoms with Crippen molar-refractivity contribution in [3.63, 3.8) is 0 Å². The molecule has 0 aliphatic heterocycles. The number of carbonyl (C=O) groups excluding carboxylic acids is 1.